The molecule has 3 heteroatoms. The summed E-state index contributed by atoms with van der Waals surface area (Å²) in [4.78, 5) is 2.52. The Bertz CT molecular complexity index is 350. The van der Waals surface area contributed by atoms with Crippen molar-refractivity contribution in [1.82, 2.24) is 4.90 Å². The van der Waals surface area contributed by atoms with Gasteiger partial charge in [-0.3, -0.25) is 4.90 Å². The van der Waals surface area contributed by atoms with Gasteiger partial charge in [0.1, 0.15) is 5.75 Å². The van der Waals surface area contributed by atoms with Gasteiger partial charge in [0.2, 0.25) is 0 Å². The van der Waals surface area contributed by atoms with Gasteiger partial charge in [-0.1, -0.05) is 12.1 Å². The number of benzene rings is 1. The number of hydrogen-bond donors (Lipinski definition) is 1. The van der Waals surface area contributed by atoms with Crippen LogP contribution in [0.3, 0.4) is 0 Å². The largest absolute Gasteiger partial charge is 0.494 e. The molecule has 0 radical (unpaired) electrons. The van der Waals surface area contributed by atoms with Crippen molar-refractivity contribution in [2.45, 2.75) is 32.2 Å². The van der Waals surface area contributed by atoms with E-state index in [1.165, 1.54) is 24.9 Å². The number of hydrogen-bond acceptors (Lipinski definition) is 3. The standard InChI is InChI=1S/C15H24N2O/c1-2-18-15-7-5-13(6-8-15)12-14-4-3-10-17(14)11-9-16/h5-8,14H,2-4,9-12,16H2,1H3. The molecule has 1 aliphatic rings. The average molecular weight is 248 g/mol. The van der Waals surface area contributed by atoms with Gasteiger partial charge in [0.25, 0.3) is 0 Å². The maximum absolute atomic E-state index is 5.66. The molecule has 2 rings (SSSR count). The Hall–Kier alpha value is -1.06. The Morgan fingerprint density at radius 3 is 2.78 bits per heavy atom. The number of rotatable bonds is 6. The van der Waals surface area contributed by atoms with Gasteiger partial charge in [-0.15, -0.1) is 0 Å². The summed E-state index contributed by atoms with van der Waals surface area (Å²) in [6.07, 6.45) is 3.74. The topological polar surface area (TPSA) is 38.5 Å². The first kappa shape index (κ1) is 13.4. The summed E-state index contributed by atoms with van der Waals surface area (Å²) in [5.41, 5.74) is 7.05. The van der Waals surface area contributed by atoms with Crippen molar-refractivity contribution in [3.05, 3.63) is 29.8 Å². The highest BCUT2D eigenvalue weighted by Crippen LogP contribution is 2.21. The minimum Gasteiger partial charge on any atom is -0.494 e. The molecule has 1 atom stereocenters. The van der Waals surface area contributed by atoms with E-state index < -0.39 is 0 Å². The zero-order valence-corrected chi connectivity index (χ0v) is 11.3. The van der Waals surface area contributed by atoms with Gasteiger partial charge in [-0.2, -0.15) is 0 Å². The van der Waals surface area contributed by atoms with Crippen molar-refractivity contribution >= 4 is 0 Å². The molecule has 0 spiro atoms. The van der Waals surface area contributed by atoms with Crippen molar-refractivity contribution in [2.24, 2.45) is 5.73 Å². The third-order valence-electron chi connectivity index (χ3n) is 3.62. The molecule has 1 saturated heterocycles. The van der Waals surface area contributed by atoms with Gasteiger partial charge >= 0.3 is 0 Å². The van der Waals surface area contributed by atoms with E-state index in [9.17, 15) is 0 Å². The third kappa shape index (κ3) is 3.47. The molecule has 0 bridgehead atoms. The maximum Gasteiger partial charge on any atom is 0.119 e. The first-order valence-corrected chi connectivity index (χ1v) is 6.99. The van der Waals surface area contributed by atoms with E-state index in [1.807, 2.05) is 6.92 Å². The second-order valence-electron chi connectivity index (χ2n) is 4.90. The van der Waals surface area contributed by atoms with E-state index in [1.54, 1.807) is 0 Å². The molecular formula is C15H24N2O. The number of nitrogens with zero attached hydrogens (tertiary/aromatic N) is 1. The molecule has 18 heavy (non-hydrogen) atoms. The fraction of sp³-hybridized carbons (Fsp3) is 0.600. The van der Waals surface area contributed by atoms with Crippen molar-refractivity contribution < 1.29 is 4.74 Å². The predicted molar refractivity (Wildman–Crippen MR) is 75.0 cm³/mol. The van der Waals surface area contributed by atoms with E-state index in [2.05, 4.69) is 29.2 Å². The fourth-order valence-electron chi connectivity index (χ4n) is 2.75. The summed E-state index contributed by atoms with van der Waals surface area (Å²) >= 11 is 0. The monoisotopic (exact) mass is 248 g/mol. The zero-order chi connectivity index (χ0) is 12.8. The molecular weight excluding hydrogens is 224 g/mol. The van der Waals surface area contributed by atoms with Crippen LogP contribution in [0.25, 0.3) is 0 Å². The van der Waals surface area contributed by atoms with Gasteiger partial charge in [-0.25, -0.2) is 0 Å². The lowest BCUT2D eigenvalue weighted by atomic mass is 10.0. The zero-order valence-electron chi connectivity index (χ0n) is 11.3. The summed E-state index contributed by atoms with van der Waals surface area (Å²) in [5.74, 6) is 0.964. The van der Waals surface area contributed by atoms with Gasteiger partial charge in [0.05, 0.1) is 6.61 Å². The van der Waals surface area contributed by atoms with Crippen LogP contribution in [-0.4, -0.2) is 37.2 Å². The summed E-state index contributed by atoms with van der Waals surface area (Å²) in [6, 6.07) is 9.18. The molecule has 0 saturated carbocycles. The lowest BCUT2D eigenvalue weighted by molar-refractivity contribution is 0.259. The Morgan fingerprint density at radius 1 is 1.33 bits per heavy atom. The summed E-state index contributed by atoms with van der Waals surface area (Å²) < 4.78 is 5.46. The molecule has 1 unspecified atom stereocenters. The Balaban J connectivity index is 1.92. The highest BCUT2D eigenvalue weighted by molar-refractivity contribution is 5.27. The quantitative estimate of drug-likeness (QED) is 0.837. The van der Waals surface area contributed by atoms with Gasteiger partial charge < -0.3 is 10.5 Å². The van der Waals surface area contributed by atoms with E-state index in [0.717, 1.165) is 31.9 Å². The van der Waals surface area contributed by atoms with Crippen LogP contribution in [0, 0.1) is 0 Å². The van der Waals surface area contributed by atoms with Crippen molar-refractivity contribution in [3.63, 3.8) is 0 Å². The fourth-order valence-corrected chi connectivity index (χ4v) is 2.75. The highest BCUT2D eigenvalue weighted by Gasteiger charge is 2.23. The van der Waals surface area contributed by atoms with E-state index in [4.69, 9.17) is 10.5 Å². The van der Waals surface area contributed by atoms with E-state index in [0.29, 0.717) is 6.04 Å². The normalized spacial score (nSPS) is 20.2. The number of nitrogens with two attached hydrogens (primary N) is 1. The summed E-state index contributed by atoms with van der Waals surface area (Å²) in [7, 11) is 0. The molecule has 100 valence electrons. The van der Waals surface area contributed by atoms with Gasteiger partial charge in [0, 0.05) is 19.1 Å². The SMILES string of the molecule is CCOc1ccc(CC2CCCN2CCN)cc1. The van der Waals surface area contributed by atoms with Crippen molar-refractivity contribution in [1.29, 1.82) is 0 Å². The first-order valence-electron chi connectivity index (χ1n) is 6.99. The van der Waals surface area contributed by atoms with Crippen LogP contribution in [0.1, 0.15) is 25.3 Å². The van der Waals surface area contributed by atoms with Crippen LogP contribution in [-0.2, 0) is 6.42 Å². The maximum atomic E-state index is 5.66. The number of likely N-dealkylation sites (tertiary alicyclic amines) is 1. The molecule has 2 N–H and O–H groups in total. The third-order valence-corrected chi connectivity index (χ3v) is 3.62. The molecule has 1 fully saturated rings. The highest BCUT2D eigenvalue weighted by atomic mass is 16.5. The Labute approximate surface area is 110 Å². The first-order chi connectivity index (χ1) is 8.83. The molecule has 1 heterocycles. The second kappa shape index (κ2) is 6.76. The van der Waals surface area contributed by atoms with Crippen LogP contribution in [0.2, 0.25) is 0 Å². The molecule has 1 aliphatic heterocycles. The molecule has 1 aromatic rings. The lowest BCUT2D eigenvalue weighted by Gasteiger charge is -2.23. The molecule has 0 amide bonds. The Morgan fingerprint density at radius 2 is 2.11 bits per heavy atom. The second-order valence-corrected chi connectivity index (χ2v) is 4.90. The van der Waals surface area contributed by atoms with Crippen LogP contribution in [0.15, 0.2) is 24.3 Å². The summed E-state index contributed by atoms with van der Waals surface area (Å²) in [6.45, 7) is 5.74. The molecule has 0 aromatic heterocycles. The van der Waals surface area contributed by atoms with E-state index in [-0.39, 0.29) is 0 Å². The summed E-state index contributed by atoms with van der Waals surface area (Å²) in [5, 5.41) is 0. The van der Waals surface area contributed by atoms with Crippen LogP contribution in [0.5, 0.6) is 5.75 Å². The van der Waals surface area contributed by atoms with Crippen molar-refractivity contribution in [2.75, 3.05) is 26.2 Å². The Kier molecular flexibility index (Phi) is 5.02. The lowest BCUT2D eigenvalue weighted by Crippen LogP contribution is -2.35. The molecule has 0 aliphatic carbocycles. The van der Waals surface area contributed by atoms with Crippen LogP contribution < -0.4 is 10.5 Å². The average Bonchev–Trinajstić information content (AvgIpc) is 2.80. The number of ether oxygens (including phenoxy) is 1. The van der Waals surface area contributed by atoms with Gasteiger partial charge in [0.15, 0.2) is 0 Å². The minimum absolute atomic E-state index is 0.673. The van der Waals surface area contributed by atoms with Crippen LogP contribution in [0.4, 0.5) is 0 Å². The van der Waals surface area contributed by atoms with Crippen molar-refractivity contribution in [3.8, 4) is 5.75 Å². The van der Waals surface area contributed by atoms with Crippen LogP contribution >= 0.6 is 0 Å². The van der Waals surface area contributed by atoms with E-state index >= 15 is 0 Å². The smallest absolute Gasteiger partial charge is 0.119 e. The van der Waals surface area contributed by atoms with Gasteiger partial charge in [-0.05, 0) is 50.4 Å². The minimum atomic E-state index is 0.673. The molecule has 3 nitrogen and oxygen atoms in total. The predicted octanol–water partition coefficient (Wildman–Crippen LogP) is 2.05. The molecule has 1 aromatic carbocycles.